The van der Waals surface area contributed by atoms with Crippen LogP contribution in [-0.4, -0.2) is 28.2 Å². The topological polar surface area (TPSA) is 57.6 Å². The molecule has 2 aromatic rings. The minimum Gasteiger partial charge on any atom is -0.507 e. The van der Waals surface area contributed by atoms with Gasteiger partial charge in [0.05, 0.1) is 11.6 Å². The molecule has 0 spiro atoms. The molecule has 1 fully saturated rings. The fourth-order valence-electron chi connectivity index (χ4n) is 3.90. The number of carbonyl (C=O) groups is 2. The molecule has 2 aromatic carbocycles. The van der Waals surface area contributed by atoms with E-state index in [-0.39, 0.29) is 16.7 Å². The van der Waals surface area contributed by atoms with Crippen molar-refractivity contribution in [3.8, 4) is 0 Å². The lowest BCUT2D eigenvalue weighted by molar-refractivity contribution is -0.139. The fraction of sp³-hybridized carbons (Fsp3) is 0.385. The third-order valence-corrected chi connectivity index (χ3v) is 5.82. The van der Waals surface area contributed by atoms with Crippen molar-refractivity contribution < 1.29 is 19.1 Å². The number of aryl methyl sites for hydroxylation is 1. The zero-order chi connectivity index (χ0) is 22.9. The second kappa shape index (κ2) is 8.66. The van der Waals surface area contributed by atoms with Gasteiger partial charge in [-0.2, -0.15) is 0 Å². The van der Waals surface area contributed by atoms with Gasteiger partial charge in [0.2, 0.25) is 0 Å². The Labute approximate surface area is 183 Å². The number of ketones is 1. The highest BCUT2D eigenvalue weighted by atomic mass is 19.1. The van der Waals surface area contributed by atoms with E-state index in [0.29, 0.717) is 17.7 Å². The Kier molecular flexibility index (Phi) is 6.35. The molecule has 0 aliphatic carbocycles. The molecule has 3 rings (SSSR count). The normalized spacial score (nSPS) is 18.6. The molecular weight excluding hydrogens is 393 g/mol. The lowest BCUT2D eigenvalue weighted by atomic mass is 9.85. The molecule has 1 N–H and O–H groups in total. The lowest BCUT2D eigenvalue weighted by Crippen LogP contribution is -2.30. The molecule has 1 amide bonds. The quantitative estimate of drug-likeness (QED) is 0.384. The molecule has 1 unspecified atom stereocenters. The van der Waals surface area contributed by atoms with Crippen LogP contribution in [0, 0.1) is 12.7 Å². The van der Waals surface area contributed by atoms with Crippen molar-refractivity contribution >= 4 is 17.4 Å². The van der Waals surface area contributed by atoms with Crippen LogP contribution in [0.4, 0.5) is 4.39 Å². The molecule has 0 radical (unpaired) electrons. The number of unbranched alkanes of at least 4 members (excludes halogenated alkanes) is 1. The van der Waals surface area contributed by atoms with Crippen LogP contribution in [0.5, 0.6) is 0 Å². The molecule has 1 aliphatic heterocycles. The van der Waals surface area contributed by atoms with Crippen molar-refractivity contribution in [1.82, 2.24) is 4.90 Å². The van der Waals surface area contributed by atoms with Gasteiger partial charge in [-0.05, 0) is 53.6 Å². The number of benzene rings is 2. The first-order valence-corrected chi connectivity index (χ1v) is 10.7. The summed E-state index contributed by atoms with van der Waals surface area (Å²) in [6, 6.07) is 11.3. The third-order valence-electron chi connectivity index (χ3n) is 5.82. The number of aliphatic hydroxyl groups excluding tert-OH is 1. The van der Waals surface area contributed by atoms with E-state index in [0.717, 1.165) is 24.0 Å². The zero-order valence-electron chi connectivity index (χ0n) is 18.8. The number of aliphatic hydroxyl groups is 1. The maximum atomic E-state index is 13.7. The number of amides is 1. The van der Waals surface area contributed by atoms with E-state index in [1.54, 1.807) is 11.8 Å². The Morgan fingerprint density at radius 2 is 1.74 bits per heavy atom. The highest BCUT2D eigenvalue weighted by molar-refractivity contribution is 6.46. The Balaban J connectivity index is 2.16. The van der Waals surface area contributed by atoms with E-state index in [1.165, 1.54) is 18.2 Å². The minimum atomic E-state index is -0.708. The molecule has 1 atom stereocenters. The molecule has 4 nitrogen and oxygen atoms in total. The number of rotatable bonds is 5. The maximum absolute atomic E-state index is 13.7. The van der Waals surface area contributed by atoms with Crippen LogP contribution in [-0.2, 0) is 15.0 Å². The van der Waals surface area contributed by atoms with Crippen molar-refractivity contribution in [3.63, 3.8) is 0 Å². The molecule has 0 aromatic heterocycles. The summed E-state index contributed by atoms with van der Waals surface area (Å²) >= 11 is 0. The summed E-state index contributed by atoms with van der Waals surface area (Å²) in [5, 5.41) is 11.0. The van der Waals surface area contributed by atoms with Gasteiger partial charge in [0.25, 0.3) is 11.7 Å². The first kappa shape index (κ1) is 22.7. The molecule has 0 bridgehead atoms. The summed E-state index contributed by atoms with van der Waals surface area (Å²) in [5.41, 5.74) is 2.60. The first-order valence-electron chi connectivity index (χ1n) is 10.7. The monoisotopic (exact) mass is 423 g/mol. The average molecular weight is 424 g/mol. The van der Waals surface area contributed by atoms with E-state index in [4.69, 9.17) is 0 Å². The lowest BCUT2D eigenvalue weighted by Gasteiger charge is -2.26. The van der Waals surface area contributed by atoms with Crippen LogP contribution in [0.2, 0.25) is 0 Å². The van der Waals surface area contributed by atoms with E-state index in [2.05, 4.69) is 20.8 Å². The molecule has 1 heterocycles. The van der Waals surface area contributed by atoms with Crippen molar-refractivity contribution in [3.05, 3.63) is 76.1 Å². The van der Waals surface area contributed by atoms with Crippen molar-refractivity contribution in [2.45, 2.75) is 58.9 Å². The minimum absolute atomic E-state index is 0.0335. The van der Waals surface area contributed by atoms with Crippen molar-refractivity contribution in [2.24, 2.45) is 0 Å². The number of halogens is 1. The Morgan fingerprint density at radius 3 is 2.29 bits per heavy atom. The highest BCUT2D eigenvalue weighted by Gasteiger charge is 2.45. The summed E-state index contributed by atoms with van der Waals surface area (Å²) in [7, 11) is 0. The summed E-state index contributed by atoms with van der Waals surface area (Å²) in [5.74, 6) is -1.99. The zero-order valence-corrected chi connectivity index (χ0v) is 18.8. The second-order valence-electron chi connectivity index (χ2n) is 9.18. The highest BCUT2D eigenvalue weighted by Crippen LogP contribution is 2.40. The van der Waals surface area contributed by atoms with Gasteiger partial charge in [-0.15, -0.1) is 0 Å². The van der Waals surface area contributed by atoms with Gasteiger partial charge in [-0.3, -0.25) is 9.59 Å². The average Bonchev–Trinajstić information content (AvgIpc) is 2.97. The van der Waals surface area contributed by atoms with Gasteiger partial charge in [0, 0.05) is 12.1 Å². The van der Waals surface area contributed by atoms with Gasteiger partial charge in [0.15, 0.2) is 0 Å². The summed E-state index contributed by atoms with van der Waals surface area (Å²) in [6.07, 6.45) is 1.62. The number of hydrogen-bond acceptors (Lipinski definition) is 3. The van der Waals surface area contributed by atoms with Crippen LogP contribution in [0.3, 0.4) is 0 Å². The van der Waals surface area contributed by atoms with Crippen LogP contribution in [0.25, 0.3) is 5.76 Å². The van der Waals surface area contributed by atoms with E-state index < -0.39 is 23.5 Å². The molecule has 164 valence electrons. The predicted molar refractivity (Wildman–Crippen MR) is 120 cm³/mol. The number of carbonyl (C=O) groups excluding carboxylic acids is 2. The van der Waals surface area contributed by atoms with Crippen molar-refractivity contribution in [2.75, 3.05) is 6.54 Å². The van der Waals surface area contributed by atoms with Gasteiger partial charge in [-0.1, -0.05) is 58.4 Å². The Bertz CT molecular complexity index is 1030. The van der Waals surface area contributed by atoms with Gasteiger partial charge in [-0.25, -0.2) is 4.39 Å². The largest absolute Gasteiger partial charge is 0.507 e. The van der Waals surface area contributed by atoms with Crippen LogP contribution in [0.15, 0.2) is 48.0 Å². The van der Waals surface area contributed by atoms with Crippen LogP contribution < -0.4 is 0 Å². The van der Waals surface area contributed by atoms with E-state index in [1.807, 2.05) is 31.2 Å². The van der Waals surface area contributed by atoms with Gasteiger partial charge < -0.3 is 10.0 Å². The summed E-state index contributed by atoms with van der Waals surface area (Å²) < 4.78 is 13.7. The fourth-order valence-corrected chi connectivity index (χ4v) is 3.90. The predicted octanol–water partition coefficient (Wildman–Crippen LogP) is 5.65. The second-order valence-corrected chi connectivity index (χ2v) is 9.18. The number of likely N-dealkylation sites (tertiary alicyclic amines) is 1. The van der Waals surface area contributed by atoms with E-state index in [9.17, 15) is 19.1 Å². The molecule has 0 saturated carbocycles. The Morgan fingerprint density at radius 1 is 1.10 bits per heavy atom. The first-order chi connectivity index (χ1) is 14.6. The van der Waals surface area contributed by atoms with Gasteiger partial charge in [0.1, 0.15) is 11.6 Å². The number of hydrogen-bond donors (Lipinski definition) is 1. The van der Waals surface area contributed by atoms with Crippen LogP contribution >= 0.6 is 0 Å². The summed E-state index contributed by atoms with van der Waals surface area (Å²) in [6.45, 7) is 10.4. The SMILES string of the molecule is CCCCN1C(=O)C(=O)/C(=C(\O)c2ccc(F)c(C)c2)C1c1ccc(C(C)(C)C)cc1. The molecule has 1 saturated heterocycles. The number of nitrogens with zero attached hydrogens (tertiary/aromatic N) is 1. The number of Topliss-reactive ketones (excluding diaryl/α,β-unsaturated/α-hetero) is 1. The Hall–Kier alpha value is -2.95. The summed E-state index contributed by atoms with van der Waals surface area (Å²) in [4.78, 5) is 27.4. The maximum Gasteiger partial charge on any atom is 0.295 e. The van der Waals surface area contributed by atoms with Crippen molar-refractivity contribution in [1.29, 1.82) is 0 Å². The molecule has 5 heteroatoms. The van der Waals surface area contributed by atoms with Gasteiger partial charge >= 0.3 is 0 Å². The van der Waals surface area contributed by atoms with Crippen LogP contribution in [0.1, 0.15) is 68.8 Å². The standard InChI is InChI=1S/C26H30FNO3/c1-6-7-14-28-22(17-8-11-19(12-9-17)26(3,4)5)21(24(30)25(28)31)23(29)18-10-13-20(27)16(2)15-18/h8-13,15,22,29H,6-7,14H2,1-5H3/b23-21-. The third kappa shape index (κ3) is 4.41. The van der Waals surface area contributed by atoms with E-state index >= 15 is 0 Å². The smallest absolute Gasteiger partial charge is 0.295 e. The molecular formula is C26H30FNO3. The molecule has 1 aliphatic rings. The molecule has 31 heavy (non-hydrogen) atoms.